The standard InChI is InChI=1S/C52H104N4O7/c1-3-5-7-9-11-13-15-17-19-21-23-25-27-29-31-33-35-53-51(57)55-37-41-59-45-46-60-42-38-56(40-44-62-48-50-63-49-47-61-43-39-55)52(58)54-36-34-32-30-28-26-24-22-20-18-16-14-12-10-8-6-4-2/h3-50H2,1-2H3,(H,53,57)(H,54,58). The number of urea groups is 2. The average molecular weight is 897 g/mol. The summed E-state index contributed by atoms with van der Waals surface area (Å²) in [6.07, 6.45) is 42.7. The average Bonchev–Trinajstić information content (AvgIpc) is 3.29. The number of carbonyl (C=O) groups excluding carboxylic acids is 2. The van der Waals surface area contributed by atoms with Gasteiger partial charge in [-0.1, -0.05) is 206 Å². The molecule has 11 nitrogen and oxygen atoms in total. The van der Waals surface area contributed by atoms with Crippen LogP contribution >= 0.6 is 0 Å². The predicted molar refractivity (Wildman–Crippen MR) is 263 cm³/mol. The number of nitrogens with one attached hydrogen (secondary N) is 2. The molecular formula is C52H104N4O7. The van der Waals surface area contributed by atoms with E-state index in [1.165, 1.54) is 180 Å². The van der Waals surface area contributed by atoms with Crippen LogP contribution in [0.25, 0.3) is 0 Å². The van der Waals surface area contributed by atoms with Gasteiger partial charge in [0.05, 0.1) is 66.1 Å². The van der Waals surface area contributed by atoms with Crippen LogP contribution in [0.15, 0.2) is 0 Å². The summed E-state index contributed by atoms with van der Waals surface area (Å²) in [4.78, 5) is 29.7. The molecule has 0 aromatic rings. The number of nitrogens with zero attached hydrogens (tertiary/aromatic N) is 2. The fourth-order valence-corrected chi connectivity index (χ4v) is 8.15. The van der Waals surface area contributed by atoms with E-state index >= 15 is 0 Å². The summed E-state index contributed by atoms with van der Waals surface area (Å²) in [5.74, 6) is 0. The highest BCUT2D eigenvalue weighted by Gasteiger charge is 2.15. The van der Waals surface area contributed by atoms with Crippen LogP contribution < -0.4 is 10.6 Å². The number of carbonyl (C=O) groups is 2. The van der Waals surface area contributed by atoms with Crippen molar-refractivity contribution in [3.63, 3.8) is 0 Å². The van der Waals surface area contributed by atoms with E-state index in [1.54, 1.807) is 9.80 Å². The van der Waals surface area contributed by atoms with Gasteiger partial charge in [0.15, 0.2) is 0 Å². The number of hydrogen-bond donors (Lipinski definition) is 2. The van der Waals surface area contributed by atoms with Gasteiger partial charge in [-0.15, -0.1) is 0 Å². The first-order chi connectivity index (χ1) is 31.2. The number of unbranched alkanes of at least 4 members (excludes halogenated alkanes) is 30. The van der Waals surface area contributed by atoms with Crippen LogP contribution in [-0.2, 0) is 23.7 Å². The molecule has 0 radical (unpaired) electrons. The van der Waals surface area contributed by atoms with Crippen LogP contribution in [0.1, 0.15) is 219 Å². The Labute approximate surface area is 389 Å². The molecule has 0 unspecified atom stereocenters. The van der Waals surface area contributed by atoms with Crippen LogP contribution in [0.2, 0.25) is 0 Å². The Kier molecular flexibility index (Phi) is 46.9. The normalized spacial score (nSPS) is 15.8. The Balaban J connectivity index is 2.20. The van der Waals surface area contributed by atoms with Crippen LogP contribution in [0, 0.1) is 0 Å². The van der Waals surface area contributed by atoms with E-state index in [9.17, 15) is 9.59 Å². The van der Waals surface area contributed by atoms with Gasteiger partial charge in [0.1, 0.15) is 0 Å². The lowest BCUT2D eigenvalue weighted by molar-refractivity contribution is 0.00897. The molecule has 0 aromatic heterocycles. The zero-order valence-corrected chi connectivity index (χ0v) is 41.7. The Hall–Kier alpha value is -1.66. The predicted octanol–water partition coefficient (Wildman–Crippen LogP) is 12.6. The van der Waals surface area contributed by atoms with Crippen molar-refractivity contribution in [2.45, 2.75) is 219 Å². The topological polar surface area (TPSA) is 111 Å². The van der Waals surface area contributed by atoms with Gasteiger partial charge in [-0.05, 0) is 12.8 Å². The van der Waals surface area contributed by atoms with Crippen LogP contribution in [0.4, 0.5) is 9.59 Å². The third kappa shape index (κ3) is 42.7. The molecule has 1 rings (SSSR count). The van der Waals surface area contributed by atoms with Gasteiger partial charge in [-0.2, -0.15) is 0 Å². The summed E-state index contributed by atoms with van der Waals surface area (Å²) < 4.78 is 29.0. The molecule has 1 saturated heterocycles. The molecule has 1 aliphatic heterocycles. The van der Waals surface area contributed by atoms with Crippen molar-refractivity contribution >= 4 is 12.1 Å². The summed E-state index contributed by atoms with van der Waals surface area (Å²) in [7, 11) is 0. The van der Waals surface area contributed by atoms with E-state index in [2.05, 4.69) is 24.5 Å². The van der Waals surface area contributed by atoms with Gasteiger partial charge in [0.2, 0.25) is 0 Å². The monoisotopic (exact) mass is 897 g/mol. The molecule has 374 valence electrons. The number of amides is 4. The molecule has 2 N–H and O–H groups in total. The second kappa shape index (κ2) is 49.8. The van der Waals surface area contributed by atoms with Crippen molar-refractivity contribution < 1.29 is 33.3 Å². The Morgan fingerprint density at radius 1 is 0.302 bits per heavy atom. The Bertz CT molecular complexity index is 876. The lowest BCUT2D eigenvalue weighted by Crippen LogP contribution is -2.44. The minimum atomic E-state index is -0.0700. The minimum Gasteiger partial charge on any atom is -0.377 e. The molecule has 0 bridgehead atoms. The first kappa shape index (κ1) is 59.4. The first-order valence-corrected chi connectivity index (χ1v) is 27.1. The quantitative estimate of drug-likeness (QED) is 0.0619. The highest BCUT2D eigenvalue weighted by atomic mass is 16.5. The van der Waals surface area contributed by atoms with E-state index in [-0.39, 0.29) is 12.1 Å². The van der Waals surface area contributed by atoms with E-state index < -0.39 is 0 Å². The fourth-order valence-electron chi connectivity index (χ4n) is 8.15. The molecule has 4 amide bonds. The lowest BCUT2D eigenvalue weighted by Gasteiger charge is -2.23. The lowest BCUT2D eigenvalue weighted by atomic mass is 10.0. The molecule has 1 aliphatic rings. The van der Waals surface area contributed by atoms with Crippen molar-refractivity contribution in [1.82, 2.24) is 20.4 Å². The van der Waals surface area contributed by atoms with Gasteiger partial charge >= 0.3 is 12.1 Å². The maximum atomic E-state index is 13.1. The van der Waals surface area contributed by atoms with Gasteiger partial charge in [0.25, 0.3) is 0 Å². The molecule has 0 aromatic carbocycles. The van der Waals surface area contributed by atoms with Gasteiger partial charge in [0, 0.05) is 39.3 Å². The van der Waals surface area contributed by atoms with Crippen molar-refractivity contribution in [3.05, 3.63) is 0 Å². The van der Waals surface area contributed by atoms with Crippen LogP contribution in [0.5, 0.6) is 0 Å². The second-order valence-corrected chi connectivity index (χ2v) is 18.1. The highest BCUT2D eigenvalue weighted by molar-refractivity contribution is 5.74. The van der Waals surface area contributed by atoms with Crippen LogP contribution in [0.3, 0.4) is 0 Å². The molecule has 63 heavy (non-hydrogen) atoms. The third-order valence-corrected chi connectivity index (χ3v) is 12.3. The van der Waals surface area contributed by atoms with E-state index in [0.29, 0.717) is 105 Å². The molecule has 1 fully saturated rings. The van der Waals surface area contributed by atoms with E-state index in [4.69, 9.17) is 23.7 Å². The molecular weight excluding hydrogens is 793 g/mol. The summed E-state index contributed by atoms with van der Waals surface area (Å²) >= 11 is 0. The molecule has 0 atom stereocenters. The largest absolute Gasteiger partial charge is 0.377 e. The maximum absolute atomic E-state index is 13.1. The number of ether oxygens (including phenoxy) is 5. The highest BCUT2D eigenvalue weighted by Crippen LogP contribution is 2.15. The molecule has 0 spiro atoms. The van der Waals surface area contributed by atoms with Gasteiger partial charge < -0.3 is 44.1 Å². The van der Waals surface area contributed by atoms with E-state index in [0.717, 1.165) is 25.7 Å². The minimum absolute atomic E-state index is 0.0700. The third-order valence-electron chi connectivity index (χ3n) is 12.3. The Morgan fingerprint density at radius 2 is 0.492 bits per heavy atom. The number of rotatable bonds is 34. The van der Waals surface area contributed by atoms with Crippen molar-refractivity contribution in [2.24, 2.45) is 0 Å². The second-order valence-electron chi connectivity index (χ2n) is 18.1. The molecule has 0 aliphatic carbocycles. The van der Waals surface area contributed by atoms with Crippen molar-refractivity contribution in [1.29, 1.82) is 0 Å². The first-order valence-electron chi connectivity index (χ1n) is 27.1. The van der Waals surface area contributed by atoms with Crippen LogP contribution in [-0.4, -0.2) is 127 Å². The molecule has 1 heterocycles. The molecule has 0 saturated carbocycles. The smallest absolute Gasteiger partial charge is 0.317 e. The fraction of sp³-hybridized carbons (Fsp3) is 0.962. The summed E-state index contributed by atoms with van der Waals surface area (Å²) in [5, 5.41) is 6.24. The zero-order valence-electron chi connectivity index (χ0n) is 41.7. The summed E-state index contributed by atoms with van der Waals surface area (Å²) in [6.45, 7) is 12.3. The van der Waals surface area contributed by atoms with Gasteiger partial charge in [-0.3, -0.25) is 0 Å². The summed E-state index contributed by atoms with van der Waals surface area (Å²) in [5.41, 5.74) is 0. The van der Waals surface area contributed by atoms with E-state index in [1.807, 2.05) is 0 Å². The Morgan fingerprint density at radius 3 is 0.714 bits per heavy atom. The SMILES string of the molecule is CCCCCCCCCCCCCCCCCCNC(=O)N1CCOCCOCCOCCN(C(=O)NCCCCCCCCCCCCCCCCCC)CCOCCOCC1. The maximum Gasteiger partial charge on any atom is 0.317 e. The van der Waals surface area contributed by atoms with Crippen molar-refractivity contribution in [3.8, 4) is 0 Å². The molecule has 11 heteroatoms. The summed E-state index contributed by atoms with van der Waals surface area (Å²) in [6, 6.07) is -0.140. The van der Waals surface area contributed by atoms with Gasteiger partial charge in [-0.25, -0.2) is 9.59 Å². The van der Waals surface area contributed by atoms with Crippen molar-refractivity contribution in [2.75, 3.05) is 105 Å². The number of hydrogen-bond acceptors (Lipinski definition) is 7. The zero-order chi connectivity index (χ0) is 45.2.